The number of carbonyl (C=O) groups is 1. The molecule has 0 saturated heterocycles. The lowest BCUT2D eigenvalue weighted by molar-refractivity contribution is 0.0956. The number of nitrogens with one attached hydrogen (secondary N) is 3. The van der Waals surface area contributed by atoms with E-state index < -0.39 is 0 Å². The molecule has 4 heteroatoms. The summed E-state index contributed by atoms with van der Waals surface area (Å²) in [6.45, 7) is 12.8. The summed E-state index contributed by atoms with van der Waals surface area (Å²) in [7, 11) is 0. The molecule has 1 amide bonds. The van der Waals surface area contributed by atoms with E-state index in [1.54, 1.807) is 0 Å². The predicted octanol–water partition coefficient (Wildman–Crippen LogP) is 2.54. The SMILES string of the molecule is CCNC(=O)c1ccc(NCCNC(C)(C)C)c(C)c1. The van der Waals surface area contributed by atoms with Crippen LogP contribution in [0.1, 0.15) is 43.6 Å². The molecule has 0 saturated carbocycles. The summed E-state index contributed by atoms with van der Waals surface area (Å²) in [5.41, 5.74) is 3.01. The number of hydrogen-bond acceptors (Lipinski definition) is 3. The summed E-state index contributed by atoms with van der Waals surface area (Å²) in [5.74, 6) is -0.0171. The maximum atomic E-state index is 11.7. The van der Waals surface area contributed by atoms with Crippen LogP contribution >= 0.6 is 0 Å². The molecule has 3 N–H and O–H groups in total. The van der Waals surface area contributed by atoms with Gasteiger partial charge in [0.1, 0.15) is 0 Å². The highest BCUT2D eigenvalue weighted by Gasteiger charge is 2.08. The molecular weight excluding hydrogens is 250 g/mol. The summed E-state index contributed by atoms with van der Waals surface area (Å²) in [6, 6.07) is 5.75. The van der Waals surface area contributed by atoms with Crippen LogP contribution in [-0.4, -0.2) is 31.1 Å². The fraction of sp³-hybridized carbons (Fsp3) is 0.562. The Labute approximate surface area is 122 Å². The number of hydrogen-bond donors (Lipinski definition) is 3. The van der Waals surface area contributed by atoms with E-state index in [4.69, 9.17) is 0 Å². The molecule has 0 aliphatic carbocycles. The van der Waals surface area contributed by atoms with Crippen molar-refractivity contribution in [2.45, 2.75) is 40.2 Å². The van der Waals surface area contributed by atoms with E-state index in [1.807, 2.05) is 32.0 Å². The van der Waals surface area contributed by atoms with Gasteiger partial charge < -0.3 is 16.0 Å². The lowest BCUT2D eigenvalue weighted by atomic mass is 10.1. The van der Waals surface area contributed by atoms with E-state index in [1.165, 1.54) is 0 Å². The third-order valence-electron chi connectivity index (χ3n) is 2.92. The Morgan fingerprint density at radius 1 is 1.20 bits per heavy atom. The molecule has 0 aliphatic heterocycles. The van der Waals surface area contributed by atoms with Gasteiger partial charge in [0.15, 0.2) is 0 Å². The van der Waals surface area contributed by atoms with Gasteiger partial charge in [-0.1, -0.05) is 0 Å². The number of carbonyl (C=O) groups excluding carboxylic acids is 1. The third kappa shape index (κ3) is 5.61. The molecule has 0 aromatic heterocycles. The summed E-state index contributed by atoms with van der Waals surface area (Å²) in [6.07, 6.45) is 0. The first-order chi connectivity index (χ1) is 9.33. The van der Waals surface area contributed by atoms with Gasteiger partial charge in [-0.05, 0) is 58.4 Å². The van der Waals surface area contributed by atoms with E-state index in [2.05, 4.69) is 36.7 Å². The van der Waals surface area contributed by atoms with Gasteiger partial charge in [-0.25, -0.2) is 0 Å². The quantitative estimate of drug-likeness (QED) is 0.700. The van der Waals surface area contributed by atoms with Gasteiger partial charge in [0.2, 0.25) is 0 Å². The van der Waals surface area contributed by atoms with Crippen LogP contribution in [0.15, 0.2) is 18.2 Å². The highest BCUT2D eigenvalue weighted by molar-refractivity contribution is 5.94. The first-order valence-corrected chi connectivity index (χ1v) is 7.21. The number of benzene rings is 1. The van der Waals surface area contributed by atoms with Gasteiger partial charge in [0.05, 0.1) is 0 Å². The molecule has 0 bridgehead atoms. The Hall–Kier alpha value is -1.55. The summed E-state index contributed by atoms with van der Waals surface area (Å²) in [4.78, 5) is 11.7. The van der Waals surface area contributed by atoms with Gasteiger partial charge in [0, 0.05) is 36.4 Å². The van der Waals surface area contributed by atoms with Gasteiger partial charge in [-0.2, -0.15) is 0 Å². The zero-order valence-electron chi connectivity index (χ0n) is 13.3. The lowest BCUT2D eigenvalue weighted by Gasteiger charge is -2.21. The third-order valence-corrected chi connectivity index (χ3v) is 2.92. The fourth-order valence-electron chi connectivity index (χ4n) is 1.90. The van der Waals surface area contributed by atoms with E-state index in [9.17, 15) is 4.79 Å². The second kappa shape index (κ2) is 7.29. The number of aryl methyl sites for hydroxylation is 1. The molecule has 1 aromatic rings. The average Bonchev–Trinajstić information content (AvgIpc) is 2.35. The van der Waals surface area contributed by atoms with Crippen LogP contribution < -0.4 is 16.0 Å². The maximum Gasteiger partial charge on any atom is 0.251 e. The first-order valence-electron chi connectivity index (χ1n) is 7.21. The maximum absolute atomic E-state index is 11.7. The number of amides is 1. The topological polar surface area (TPSA) is 53.2 Å². The van der Waals surface area contributed by atoms with Crippen molar-refractivity contribution in [3.05, 3.63) is 29.3 Å². The second-order valence-electron chi connectivity index (χ2n) is 5.99. The summed E-state index contributed by atoms with van der Waals surface area (Å²) in [5, 5.41) is 9.63. The number of rotatable bonds is 6. The summed E-state index contributed by atoms with van der Waals surface area (Å²) < 4.78 is 0. The van der Waals surface area contributed by atoms with Crippen LogP contribution in [0.5, 0.6) is 0 Å². The van der Waals surface area contributed by atoms with Crippen LogP contribution in [0.2, 0.25) is 0 Å². The highest BCUT2D eigenvalue weighted by atomic mass is 16.1. The van der Waals surface area contributed by atoms with Crippen LogP contribution in [0.4, 0.5) is 5.69 Å². The number of anilines is 1. The van der Waals surface area contributed by atoms with E-state index in [-0.39, 0.29) is 11.4 Å². The molecule has 0 fully saturated rings. The minimum absolute atomic E-state index is 0.0171. The molecule has 20 heavy (non-hydrogen) atoms. The Morgan fingerprint density at radius 2 is 1.90 bits per heavy atom. The molecule has 0 spiro atoms. The van der Waals surface area contributed by atoms with E-state index >= 15 is 0 Å². The van der Waals surface area contributed by atoms with Gasteiger partial charge in [-0.3, -0.25) is 4.79 Å². The van der Waals surface area contributed by atoms with Gasteiger partial charge in [0.25, 0.3) is 5.91 Å². The molecule has 4 nitrogen and oxygen atoms in total. The smallest absolute Gasteiger partial charge is 0.251 e. The molecular formula is C16H27N3O. The Morgan fingerprint density at radius 3 is 2.45 bits per heavy atom. The van der Waals surface area contributed by atoms with Crippen molar-refractivity contribution in [2.75, 3.05) is 25.0 Å². The molecule has 1 rings (SSSR count). The zero-order valence-corrected chi connectivity index (χ0v) is 13.3. The fourth-order valence-corrected chi connectivity index (χ4v) is 1.90. The standard InChI is InChI=1S/C16H27N3O/c1-6-17-15(20)13-7-8-14(12(2)11-13)18-9-10-19-16(3,4)5/h7-8,11,18-19H,6,9-10H2,1-5H3,(H,17,20). The molecule has 112 valence electrons. The molecule has 0 aliphatic rings. The zero-order chi connectivity index (χ0) is 15.2. The van der Waals surface area contributed by atoms with Gasteiger partial charge in [-0.15, -0.1) is 0 Å². The van der Waals surface area contributed by atoms with Crippen molar-refractivity contribution in [3.8, 4) is 0 Å². The average molecular weight is 277 g/mol. The normalized spacial score (nSPS) is 11.2. The first kappa shape index (κ1) is 16.5. The molecule has 0 radical (unpaired) electrons. The summed E-state index contributed by atoms with van der Waals surface area (Å²) >= 11 is 0. The minimum Gasteiger partial charge on any atom is -0.384 e. The van der Waals surface area contributed by atoms with Crippen molar-refractivity contribution < 1.29 is 4.79 Å². The van der Waals surface area contributed by atoms with E-state index in [0.717, 1.165) is 24.3 Å². The Bertz CT molecular complexity index is 450. The van der Waals surface area contributed by atoms with Crippen molar-refractivity contribution in [1.82, 2.24) is 10.6 Å². The lowest BCUT2D eigenvalue weighted by Crippen LogP contribution is -2.38. The Kier molecular flexibility index (Phi) is 6.02. The van der Waals surface area contributed by atoms with Crippen LogP contribution in [0, 0.1) is 6.92 Å². The molecule has 1 aromatic carbocycles. The van der Waals surface area contributed by atoms with Gasteiger partial charge >= 0.3 is 0 Å². The molecule has 0 unspecified atom stereocenters. The van der Waals surface area contributed by atoms with Crippen molar-refractivity contribution in [2.24, 2.45) is 0 Å². The Balaban J connectivity index is 2.54. The van der Waals surface area contributed by atoms with Crippen LogP contribution in [0.25, 0.3) is 0 Å². The second-order valence-corrected chi connectivity index (χ2v) is 5.99. The van der Waals surface area contributed by atoms with Crippen molar-refractivity contribution in [1.29, 1.82) is 0 Å². The monoisotopic (exact) mass is 277 g/mol. The van der Waals surface area contributed by atoms with Crippen molar-refractivity contribution in [3.63, 3.8) is 0 Å². The molecule has 0 atom stereocenters. The largest absolute Gasteiger partial charge is 0.384 e. The van der Waals surface area contributed by atoms with Crippen molar-refractivity contribution >= 4 is 11.6 Å². The predicted molar refractivity (Wildman–Crippen MR) is 85.4 cm³/mol. The van der Waals surface area contributed by atoms with Crippen LogP contribution in [-0.2, 0) is 0 Å². The van der Waals surface area contributed by atoms with Crippen LogP contribution in [0.3, 0.4) is 0 Å². The van der Waals surface area contributed by atoms with E-state index in [0.29, 0.717) is 12.1 Å². The highest BCUT2D eigenvalue weighted by Crippen LogP contribution is 2.16. The minimum atomic E-state index is -0.0171. The molecule has 0 heterocycles.